The Morgan fingerprint density at radius 3 is 2.38 bits per heavy atom. The maximum absolute atomic E-state index is 14.8. The lowest BCUT2D eigenvalue weighted by atomic mass is 10.0. The van der Waals surface area contributed by atoms with Gasteiger partial charge in [0.25, 0.3) is 0 Å². The van der Waals surface area contributed by atoms with Gasteiger partial charge in [0.15, 0.2) is 0 Å². The van der Waals surface area contributed by atoms with Crippen molar-refractivity contribution in [2.45, 2.75) is 64.0 Å². The predicted molar refractivity (Wildman–Crippen MR) is 134 cm³/mol. The summed E-state index contributed by atoms with van der Waals surface area (Å²) in [5.74, 6) is -0.357. The fourth-order valence-corrected chi connectivity index (χ4v) is 4.59. The van der Waals surface area contributed by atoms with E-state index in [-0.39, 0.29) is 37.2 Å². The Bertz CT molecular complexity index is 1090. The molecule has 2 aliphatic rings. The van der Waals surface area contributed by atoms with Crippen LogP contribution in [0, 0.1) is 5.82 Å². The van der Waals surface area contributed by atoms with Crippen LogP contribution in [0.2, 0.25) is 0 Å². The molecule has 10 heteroatoms. The van der Waals surface area contributed by atoms with Crippen molar-refractivity contribution in [1.29, 1.82) is 0 Å². The van der Waals surface area contributed by atoms with Gasteiger partial charge in [-0.15, -0.1) is 0 Å². The van der Waals surface area contributed by atoms with Gasteiger partial charge in [0.05, 0.1) is 18.7 Å². The van der Waals surface area contributed by atoms with E-state index in [0.29, 0.717) is 55.9 Å². The van der Waals surface area contributed by atoms with Gasteiger partial charge in [0, 0.05) is 50.3 Å². The highest BCUT2D eigenvalue weighted by molar-refractivity contribution is 5.82. The van der Waals surface area contributed by atoms with E-state index in [9.17, 15) is 18.4 Å². The Morgan fingerprint density at radius 2 is 1.78 bits per heavy atom. The number of carbonyl (C=O) groups is 2. The lowest BCUT2D eigenvalue weighted by molar-refractivity contribution is -0.131. The minimum atomic E-state index is -1.02. The Balaban J connectivity index is 1.30. The second kappa shape index (κ2) is 11.9. The molecule has 0 radical (unpaired) electrons. The van der Waals surface area contributed by atoms with Crippen molar-refractivity contribution in [2.75, 3.05) is 26.2 Å². The Kier molecular flexibility index (Phi) is 8.58. The zero-order valence-electron chi connectivity index (χ0n) is 21.2. The first kappa shape index (κ1) is 26.8. The number of hydrogen-bond donors (Lipinski definition) is 1. The van der Waals surface area contributed by atoms with Crippen LogP contribution in [-0.2, 0) is 16.0 Å². The van der Waals surface area contributed by atoms with Gasteiger partial charge in [-0.2, -0.15) is 0 Å². The summed E-state index contributed by atoms with van der Waals surface area (Å²) in [7, 11) is 0. The van der Waals surface area contributed by atoms with Gasteiger partial charge in [-0.1, -0.05) is 12.1 Å². The number of likely N-dealkylation sites (tertiary alicyclic amines) is 2. The van der Waals surface area contributed by atoms with Crippen LogP contribution in [0.1, 0.15) is 38.7 Å². The van der Waals surface area contributed by atoms with E-state index in [0.717, 1.165) is 5.56 Å². The molecule has 3 heterocycles. The van der Waals surface area contributed by atoms with Crippen molar-refractivity contribution in [3.8, 4) is 17.0 Å². The van der Waals surface area contributed by atoms with Crippen molar-refractivity contribution in [1.82, 2.24) is 14.8 Å². The Labute approximate surface area is 215 Å². The largest absolute Gasteiger partial charge is 0.474 e. The molecule has 2 saturated heterocycles. The maximum Gasteiger partial charge on any atom is 0.410 e. The molecule has 2 aromatic rings. The number of rotatable bonds is 7. The lowest BCUT2D eigenvalue weighted by Gasteiger charge is -2.31. The van der Waals surface area contributed by atoms with Crippen LogP contribution in [-0.4, -0.2) is 77.4 Å². The summed E-state index contributed by atoms with van der Waals surface area (Å²) in [6.07, 6.45) is 1.80. The van der Waals surface area contributed by atoms with Crippen LogP contribution in [0.3, 0.4) is 0 Å². The van der Waals surface area contributed by atoms with Crippen LogP contribution in [0.25, 0.3) is 11.1 Å². The number of amides is 2. The van der Waals surface area contributed by atoms with Gasteiger partial charge in [0.2, 0.25) is 11.8 Å². The van der Waals surface area contributed by atoms with Gasteiger partial charge in [0.1, 0.15) is 18.1 Å². The number of ether oxygens (including phenoxy) is 2. The van der Waals surface area contributed by atoms with E-state index in [2.05, 4.69) is 4.98 Å². The zero-order valence-corrected chi connectivity index (χ0v) is 21.2. The molecular formula is C27H34F2N4O4. The highest BCUT2D eigenvalue weighted by Crippen LogP contribution is 2.25. The topological polar surface area (TPSA) is 98.0 Å². The van der Waals surface area contributed by atoms with E-state index < -0.39 is 18.0 Å². The van der Waals surface area contributed by atoms with Crippen LogP contribution >= 0.6 is 0 Å². The summed E-state index contributed by atoms with van der Waals surface area (Å²) < 4.78 is 39.4. The molecule has 2 N–H and O–H groups in total. The number of piperidine rings is 1. The summed E-state index contributed by atoms with van der Waals surface area (Å²) in [4.78, 5) is 31.9. The highest BCUT2D eigenvalue weighted by Gasteiger charge is 2.29. The quantitative estimate of drug-likeness (QED) is 0.603. The fourth-order valence-electron chi connectivity index (χ4n) is 4.59. The predicted octanol–water partition coefficient (Wildman–Crippen LogP) is 3.72. The van der Waals surface area contributed by atoms with Gasteiger partial charge in [-0.05, 0) is 49.9 Å². The van der Waals surface area contributed by atoms with E-state index in [1.165, 1.54) is 11.0 Å². The molecule has 0 unspecified atom stereocenters. The molecule has 0 spiro atoms. The van der Waals surface area contributed by atoms with Crippen LogP contribution in [0.4, 0.5) is 13.6 Å². The molecule has 2 fully saturated rings. The molecule has 0 saturated carbocycles. The van der Waals surface area contributed by atoms with E-state index in [4.69, 9.17) is 15.2 Å². The number of carbonyl (C=O) groups excluding carboxylic acids is 2. The summed E-state index contributed by atoms with van der Waals surface area (Å²) in [6, 6.07) is 7.39. The average Bonchev–Trinajstić information content (AvgIpc) is 3.31. The van der Waals surface area contributed by atoms with Gasteiger partial charge < -0.3 is 25.0 Å². The molecule has 0 aliphatic carbocycles. The van der Waals surface area contributed by atoms with Crippen molar-refractivity contribution >= 4 is 12.0 Å². The summed E-state index contributed by atoms with van der Waals surface area (Å²) in [6.45, 7) is 5.15. The van der Waals surface area contributed by atoms with E-state index >= 15 is 0 Å². The Hall–Kier alpha value is -3.27. The molecule has 200 valence electrons. The molecule has 0 bridgehead atoms. The number of nitrogens with zero attached hydrogens (tertiary/aromatic N) is 3. The normalized spacial score (nSPS) is 19.2. The van der Waals surface area contributed by atoms with E-state index in [1.54, 1.807) is 29.3 Å². The molecule has 8 nitrogen and oxygen atoms in total. The van der Waals surface area contributed by atoms with Crippen molar-refractivity contribution in [3.63, 3.8) is 0 Å². The van der Waals surface area contributed by atoms with Crippen molar-refractivity contribution in [3.05, 3.63) is 47.9 Å². The first-order chi connectivity index (χ1) is 17.7. The molecule has 4 rings (SSSR count). The van der Waals surface area contributed by atoms with Gasteiger partial charge in [-0.25, -0.2) is 18.6 Å². The second-order valence-corrected chi connectivity index (χ2v) is 9.91. The summed E-state index contributed by atoms with van der Waals surface area (Å²) in [5, 5.41) is 0. The first-order valence-corrected chi connectivity index (χ1v) is 12.7. The smallest absolute Gasteiger partial charge is 0.410 e. The first-order valence-electron chi connectivity index (χ1n) is 12.7. The van der Waals surface area contributed by atoms with Crippen molar-refractivity contribution in [2.24, 2.45) is 5.73 Å². The van der Waals surface area contributed by atoms with Gasteiger partial charge >= 0.3 is 6.09 Å². The van der Waals surface area contributed by atoms with Crippen LogP contribution in [0.15, 0.2) is 36.5 Å². The third-order valence-corrected chi connectivity index (χ3v) is 6.65. The average molecular weight is 517 g/mol. The number of nitrogens with two attached hydrogens (primary N) is 1. The van der Waals surface area contributed by atoms with Gasteiger partial charge in [-0.3, -0.25) is 4.79 Å². The number of benzene rings is 1. The second-order valence-electron chi connectivity index (χ2n) is 9.91. The molecule has 2 atom stereocenters. The molecule has 1 aromatic carbocycles. The molecule has 37 heavy (non-hydrogen) atoms. The summed E-state index contributed by atoms with van der Waals surface area (Å²) >= 11 is 0. The van der Waals surface area contributed by atoms with Crippen LogP contribution in [0.5, 0.6) is 5.88 Å². The highest BCUT2D eigenvalue weighted by atomic mass is 19.1. The molecule has 2 aliphatic heterocycles. The Morgan fingerprint density at radius 1 is 1.08 bits per heavy atom. The number of halogens is 2. The minimum absolute atomic E-state index is 0.0391. The lowest BCUT2D eigenvalue weighted by Crippen LogP contribution is -2.44. The molecule has 2 amide bonds. The number of pyridine rings is 1. The van der Waals surface area contributed by atoms with Crippen molar-refractivity contribution < 1.29 is 27.8 Å². The molecule has 1 aromatic heterocycles. The molecular weight excluding hydrogens is 482 g/mol. The number of alkyl halides is 1. The number of hydrogen-bond acceptors (Lipinski definition) is 6. The monoisotopic (exact) mass is 516 g/mol. The maximum atomic E-state index is 14.8. The summed E-state index contributed by atoms with van der Waals surface area (Å²) in [5.41, 5.74) is 7.68. The van der Waals surface area contributed by atoms with E-state index in [1.807, 2.05) is 19.9 Å². The number of aromatic nitrogens is 1. The SMILES string of the molecule is CC(C)OC(=O)N1CCC(Oc2ccc(-c3ccc(C[C@H](N)C(=O)N4CC[C@H](F)C4)c(F)c3)cn2)CC1. The standard InChI is InChI=1S/C27H34F2N4O4/c1-17(2)36-27(35)32-11-8-22(9-12-32)37-25-6-5-20(15-31-25)18-3-4-19(23(29)13-18)14-24(30)26(34)33-10-7-21(28)16-33/h3-6,13,15,17,21-22,24H,7-12,14,16,30H2,1-2H3/t21-,24-/m0/s1. The van der Waals surface area contributed by atoms with Crippen LogP contribution < -0.4 is 10.5 Å². The fraction of sp³-hybridized carbons (Fsp3) is 0.519. The zero-order chi connectivity index (χ0) is 26.5. The third-order valence-electron chi connectivity index (χ3n) is 6.65. The minimum Gasteiger partial charge on any atom is -0.474 e. The third kappa shape index (κ3) is 6.94.